The lowest BCUT2D eigenvalue weighted by Crippen LogP contribution is -2.12. The summed E-state index contributed by atoms with van der Waals surface area (Å²) in [4.78, 5) is 12.0. The second-order valence-electron chi connectivity index (χ2n) is 3.64. The van der Waals surface area contributed by atoms with Crippen molar-refractivity contribution in [1.29, 1.82) is 0 Å². The average molecular weight is 270 g/mol. The van der Waals surface area contributed by atoms with E-state index in [0.717, 1.165) is 6.07 Å². The van der Waals surface area contributed by atoms with Gasteiger partial charge < -0.3 is 5.73 Å². The van der Waals surface area contributed by atoms with E-state index in [9.17, 15) is 9.18 Å². The molecule has 1 aromatic carbocycles. The number of hydrogen-bond donors (Lipinski definition) is 1. The summed E-state index contributed by atoms with van der Waals surface area (Å²) >= 11 is 5.74. The predicted molar refractivity (Wildman–Crippen MR) is 62.7 cm³/mol. The molecule has 94 valence electrons. The maximum atomic E-state index is 13.3. The van der Waals surface area contributed by atoms with Gasteiger partial charge in [0.25, 0.3) is 0 Å². The summed E-state index contributed by atoms with van der Waals surface area (Å²) < 4.78 is 14.6. The first kappa shape index (κ1) is 12.4. The van der Waals surface area contributed by atoms with E-state index >= 15 is 0 Å². The Morgan fingerprint density at radius 2 is 2.28 bits per heavy atom. The number of carbonyl (C=O) groups excluding carboxylic acids is 1. The van der Waals surface area contributed by atoms with Crippen LogP contribution >= 0.6 is 11.6 Å². The lowest BCUT2D eigenvalue weighted by Gasteiger charge is -2.07. The fraction of sp³-hybridized carbons (Fsp3) is 0.200. The molecule has 0 spiro atoms. The number of nitrogens with zero attached hydrogens (tertiary/aromatic N) is 4. The number of nitrogens with two attached hydrogens (primary N) is 1. The number of halogens is 2. The van der Waals surface area contributed by atoms with Crippen molar-refractivity contribution in [1.82, 2.24) is 20.2 Å². The third-order valence-corrected chi connectivity index (χ3v) is 2.80. The molecule has 0 aliphatic rings. The van der Waals surface area contributed by atoms with Crippen molar-refractivity contribution in [3.8, 4) is 0 Å². The molecule has 18 heavy (non-hydrogen) atoms. The van der Waals surface area contributed by atoms with Gasteiger partial charge in [0.15, 0.2) is 11.6 Å². The van der Waals surface area contributed by atoms with E-state index in [2.05, 4.69) is 15.5 Å². The lowest BCUT2D eigenvalue weighted by atomic mass is 10.1. The van der Waals surface area contributed by atoms with Crippen LogP contribution in [-0.2, 0) is 13.5 Å². The molecule has 0 radical (unpaired) electrons. The monoisotopic (exact) mass is 269 g/mol. The molecule has 1 aromatic heterocycles. The van der Waals surface area contributed by atoms with Gasteiger partial charge in [-0.05, 0) is 22.6 Å². The summed E-state index contributed by atoms with van der Waals surface area (Å²) in [6, 6.07) is 2.40. The van der Waals surface area contributed by atoms with Crippen LogP contribution < -0.4 is 5.73 Å². The molecule has 0 aliphatic heterocycles. The topological polar surface area (TPSA) is 86.7 Å². The average Bonchev–Trinajstić information content (AvgIpc) is 2.70. The van der Waals surface area contributed by atoms with E-state index in [1.54, 1.807) is 7.05 Å². The summed E-state index contributed by atoms with van der Waals surface area (Å²) in [5.74, 6) is -0.778. The molecule has 6 nitrogen and oxygen atoms in total. The quantitative estimate of drug-likeness (QED) is 0.664. The molecule has 2 N–H and O–H groups in total. The van der Waals surface area contributed by atoms with Gasteiger partial charge in [-0.25, -0.2) is 9.07 Å². The Bertz CT molecular complexity index is 612. The Balaban J connectivity index is 2.35. The number of Topliss-reactive ketones (excluding diaryl/α,β-unsaturated/α-hetero) is 1. The van der Waals surface area contributed by atoms with Crippen molar-refractivity contribution in [2.75, 3.05) is 5.73 Å². The zero-order valence-corrected chi connectivity index (χ0v) is 10.1. The molecule has 8 heteroatoms. The SMILES string of the molecule is Cn1nnnc1CC(=O)c1c(N)ccc(F)c1Cl. The maximum absolute atomic E-state index is 13.3. The minimum absolute atomic E-state index is 0.0420. The lowest BCUT2D eigenvalue weighted by molar-refractivity contribution is 0.0990. The molecule has 0 fully saturated rings. The van der Waals surface area contributed by atoms with Crippen LogP contribution in [0.2, 0.25) is 5.02 Å². The number of anilines is 1. The van der Waals surface area contributed by atoms with Gasteiger partial charge in [0.1, 0.15) is 5.82 Å². The van der Waals surface area contributed by atoms with E-state index in [1.165, 1.54) is 10.7 Å². The molecular formula is C10H9ClFN5O. The summed E-state index contributed by atoms with van der Waals surface area (Å²) in [7, 11) is 1.60. The molecule has 0 unspecified atom stereocenters. The number of rotatable bonds is 3. The molecular weight excluding hydrogens is 261 g/mol. The Morgan fingerprint density at radius 1 is 1.56 bits per heavy atom. The van der Waals surface area contributed by atoms with E-state index in [0.29, 0.717) is 5.82 Å². The number of aromatic nitrogens is 4. The van der Waals surface area contributed by atoms with E-state index in [1.807, 2.05) is 0 Å². The molecule has 0 saturated heterocycles. The van der Waals surface area contributed by atoms with Crippen molar-refractivity contribution >= 4 is 23.1 Å². The van der Waals surface area contributed by atoms with Gasteiger partial charge in [-0.15, -0.1) is 5.10 Å². The number of aryl methyl sites for hydroxylation is 1. The van der Waals surface area contributed by atoms with Crippen LogP contribution in [0.4, 0.5) is 10.1 Å². The first-order valence-corrected chi connectivity index (χ1v) is 5.36. The zero-order valence-electron chi connectivity index (χ0n) is 9.39. The number of ketones is 1. The predicted octanol–water partition coefficient (Wildman–Crippen LogP) is 1.01. The van der Waals surface area contributed by atoms with Crippen LogP contribution in [0.15, 0.2) is 12.1 Å². The van der Waals surface area contributed by atoms with Crippen molar-refractivity contribution in [2.45, 2.75) is 6.42 Å². The molecule has 0 amide bonds. The second kappa shape index (κ2) is 4.69. The Labute approximate surface area is 107 Å². The molecule has 0 saturated carbocycles. The van der Waals surface area contributed by atoms with Gasteiger partial charge >= 0.3 is 0 Å². The summed E-state index contributed by atoms with van der Waals surface area (Å²) in [5.41, 5.74) is 5.71. The van der Waals surface area contributed by atoms with Crippen molar-refractivity contribution in [2.24, 2.45) is 7.05 Å². The first-order valence-electron chi connectivity index (χ1n) is 4.98. The third kappa shape index (κ3) is 2.17. The zero-order chi connectivity index (χ0) is 13.3. The largest absolute Gasteiger partial charge is 0.398 e. The Hall–Kier alpha value is -2.02. The van der Waals surface area contributed by atoms with Crippen LogP contribution in [0, 0.1) is 5.82 Å². The smallest absolute Gasteiger partial charge is 0.174 e. The summed E-state index contributed by atoms with van der Waals surface area (Å²) in [5, 5.41) is 10.4. The minimum atomic E-state index is -0.690. The summed E-state index contributed by atoms with van der Waals surface area (Å²) in [6.07, 6.45) is -0.100. The van der Waals surface area contributed by atoms with Crippen LogP contribution in [0.3, 0.4) is 0 Å². The molecule has 1 heterocycles. The number of carbonyl (C=O) groups is 1. The van der Waals surface area contributed by atoms with Crippen LogP contribution in [-0.4, -0.2) is 26.0 Å². The Morgan fingerprint density at radius 3 is 2.89 bits per heavy atom. The number of tetrazole rings is 1. The fourth-order valence-corrected chi connectivity index (χ4v) is 1.76. The Kier molecular flexibility index (Phi) is 3.24. The van der Waals surface area contributed by atoms with E-state index in [-0.39, 0.29) is 22.7 Å². The molecule has 0 bridgehead atoms. The number of benzene rings is 1. The highest BCUT2D eigenvalue weighted by Gasteiger charge is 2.19. The number of hydrogen-bond acceptors (Lipinski definition) is 5. The molecule has 0 atom stereocenters. The van der Waals surface area contributed by atoms with Gasteiger partial charge in [0.2, 0.25) is 0 Å². The van der Waals surface area contributed by atoms with Crippen molar-refractivity contribution in [3.05, 3.63) is 34.4 Å². The molecule has 0 aliphatic carbocycles. The van der Waals surface area contributed by atoms with E-state index < -0.39 is 11.6 Å². The van der Waals surface area contributed by atoms with Gasteiger partial charge in [-0.3, -0.25) is 4.79 Å². The minimum Gasteiger partial charge on any atom is -0.398 e. The third-order valence-electron chi connectivity index (χ3n) is 2.43. The maximum Gasteiger partial charge on any atom is 0.174 e. The number of nitrogen functional groups attached to an aromatic ring is 1. The highest BCUT2D eigenvalue weighted by molar-refractivity contribution is 6.35. The van der Waals surface area contributed by atoms with Crippen LogP contribution in [0.25, 0.3) is 0 Å². The van der Waals surface area contributed by atoms with Crippen LogP contribution in [0.5, 0.6) is 0 Å². The van der Waals surface area contributed by atoms with E-state index in [4.69, 9.17) is 17.3 Å². The normalized spacial score (nSPS) is 10.6. The van der Waals surface area contributed by atoms with Gasteiger partial charge in [0, 0.05) is 12.7 Å². The van der Waals surface area contributed by atoms with Gasteiger partial charge in [-0.1, -0.05) is 11.6 Å². The summed E-state index contributed by atoms with van der Waals surface area (Å²) in [6.45, 7) is 0. The van der Waals surface area contributed by atoms with Gasteiger partial charge in [0.05, 0.1) is 17.0 Å². The molecule has 2 aromatic rings. The van der Waals surface area contributed by atoms with Crippen molar-refractivity contribution in [3.63, 3.8) is 0 Å². The fourth-order valence-electron chi connectivity index (χ4n) is 1.48. The second-order valence-corrected chi connectivity index (χ2v) is 4.02. The molecule has 2 rings (SSSR count). The highest BCUT2D eigenvalue weighted by Crippen LogP contribution is 2.26. The van der Waals surface area contributed by atoms with Crippen LogP contribution in [0.1, 0.15) is 16.2 Å². The van der Waals surface area contributed by atoms with Crippen molar-refractivity contribution < 1.29 is 9.18 Å². The first-order chi connectivity index (χ1) is 8.50. The highest BCUT2D eigenvalue weighted by atomic mass is 35.5. The van der Waals surface area contributed by atoms with Gasteiger partial charge in [-0.2, -0.15) is 0 Å². The standard InChI is InChI=1S/C10H9ClFN5O/c1-17-8(14-15-16-17)4-7(18)9-6(13)3-2-5(12)10(9)11/h2-3H,4,13H2,1H3.